The van der Waals surface area contributed by atoms with Crippen LogP contribution in [0.15, 0.2) is 30.3 Å². The molecule has 1 amide bonds. The van der Waals surface area contributed by atoms with Gasteiger partial charge in [0.15, 0.2) is 0 Å². The Morgan fingerprint density at radius 2 is 1.94 bits per heavy atom. The predicted octanol–water partition coefficient (Wildman–Crippen LogP) is 2.18. The van der Waals surface area contributed by atoms with Gasteiger partial charge in [0.05, 0.1) is 5.54 Å². The maximum absolute atomic E-state index is 11.7. The van der Waals surface area contributed by atoms with Crippen LogP contribution in [-0.4, -0.2) is 18.0 Å². The van der Waals surface area contributed by atoms with E-state index >= 15 is 0 Å². The summed E-state index contributed by atoms with van der Waals surface area (Å²) in [6.07, 6.45) is 3.74. The van der Waals surface area contributed by atoms with Crippen molar-refractivity contribution in [3.8, 4) is 0 Å². The monoisotopic (exact) mass is 246 g/mol. The van der Waals surface area contributed by atoms with Crippen LogP contribution < -0.4 is 11.1 Å². The average Bonchev–Trinajstić information content (AvgIpc) is 2.41. The fourth-order valence-corrected chi connectivity index (χ4v) is 3.02. The van der Waals surface area contributed by atoms with Crippen LogP contribution in [0.4, 0.5) is 0 Å². The fourth-order valence-electron chi connectivity index (χ4n) is 3.02. The van der Waals surface area contributed by atoms with Crippen LogP contribution in [0.2, 0.25) is 0 Å². The van der Waals surface area contributed by atoms with Gasteiger partial charge in [0.2, 0.25) is 5.91 Å². The molecule has 98 valence electrons. The molecule has 0 radical (unpaired) electrons. The quantitative estimate of drug-likeness (QED) is 0.855. The summed E-state index contributed by atoms with van der Waals surface area (Å²) in [6, 6.07) is 10.5. The van der Waals surface area contributed by atoms with Gasteiger partial charge in [0, 0.05) is 0 Å². The van der Waals surface area contributed by atoms with Gasteiger partial charge in [-0.1, -0.05) is 37.3 Å². The van der Waals surface area contributed by atoms with Gasteiger partial charge < -0.3 is 11.1 Å². The Bertz CT molecular complexity index is 394. The third-order valence-electron chi connectivity index (χ3n) is 4.10. The van der Waals surface area contributed by atoms with E-state index in [1.165, 1.54) is 5.56 Å². The van der Waals surface area contributed by atoms with Gasteiger partial charge in [0.25, 0.3) is 0 Å². The van der Waals surface area contributed by atoms with Crippen LogP contribution in [0.25, 0.3) is 0 Å². The molecule has 3 nitrogen and oxygen atoms in total. The standard InChI is InChI=1S/C15H22N2O/c1-2-17-15(14(16)18)10-8-13(9-11-15)12-6-4-3-5-7-12/h3-7,13,17H,2,8-11H2,1H3,(H2,16,18). The molecule has 2 rings (SSSR count). The van der Waals surface area contributed by atoms with Gasteiger partial charge in [-0.25, -0.2) is 0 Å². The molecule has 1 aliphatic rings. The minimum atomic E-state index is -0.472. The highest BCUT2D eigenvalue weighted by atomic mass is 16.1. The molecule has 0 atom stereocenters. The van der Waals surface area contributed by atoms with E-state index in [-0.39, 0.29) is 5.91 Å². The number of carbonyl (C=O) groups is 1. The minimum absolute atomic E-state index is 0.198. The number of likely N-dealkylation sites (N-methyl/N-ethyl adjacent to an activating group) is 1. The third-order valence-corrected chi connectivity index (χ3v) is 4.10. The van der Waals surface area contributed by atoms with Crippen LogP contribution in [0.5, 0.6) is 0 Å². The van der Waals surface area contributed by atoms with Gasteiger partial charge in [0.1, 0.15) is 0 Å². The molecule has 1 aromatic rings. The predicted molar refractivity (Wildman–Crippen MR) is 73.3 cm³/mol. The molecule has 0 heterocycles. The normalized spacial score (nSPS) is 27.9. The lowest BCUT2D eigenvalue weighted by Crippen LogP contribution is -2.57. The molecule has 1 fully saturated rings. The summed E-state index contributed by atoms with van der Waals surface area (Å²) in [4.78, 5) is 11.7. The molecule has 1 aromatic carbocycles. The van der Waals surface area contributed by atoms with Crippen molar-refractivity contribution in [2.45, 2.75) is 44.1 Å². The zero-order valence-electron chi connectivity index (χ0n) is 11.0. The number of hydrogen-bond acceptors (Lipinski definition) is 2. The Kier molecular flexibility index (Phi) is 4.02. The highest BCUT2D eigenvalue weighted by Crippen LogP contribution is 2.37. The second-order valence-corrected chi connectivity index (χ2v) is 5.16. The first-order chi connectivity index (χ1) is 8.68. The first kappa shape index (κ1) is 13.1. The van der Waals surface area contributed by atoms with E-state index in [0.29, 0.717) is 5.92 Å². The lowest BCUT2D eigenvalue weighted by molar-refractivity contribution is -0.125. The Morgan fingerprint density at radius 3 is 2.44 bits per heavy atom. The summed E-state index contributed by atoms with van der Waals surface area (Å²) in [6.45, 7) is 2.81. The number of carbonyl (C=O) groups excluding carboxylic acids is 1. The molecule has 0 spiro atoms. The fraction of sp³-hybridized carbons (Fsp3) is 0.533. The summed E-state index contributed by atoms with van der Waals surface area (Å²) >= 11 is 0. The Labute approximate surface area is 109 Å². The summed E-state index contributed by atoms with van der Waals surface area (Å²) in [5.74, 6) is 0.369. The molecular weight excluding hydrogens is 224 g/mol. The lowest BCUT2D eigenvalue weighted by atomic mass is 9.73. The Balaban J connectivity index is 2.05. The number of primary amides is 1. The molecule has 0 saturated heterocycles. The van der Waals surface area contributed by atoms with Crippen molar-refractivity contribution >= 4 is 5.91 Å². The molecule has 3 N–H and O–H groups in total. The van der Waals surface area contributed by atoms with E-state index in [1.807, 2.05) is 13.0 Å². The number of nitrogens with two attached hydrogens (primary N) is 1. The second-order valence-electron chi connectivity index (χ2n) is 5.16. The first-order valence-electron chi connectivity index (χ1n) is 6.78. The number of rotatable bonds is 4. The van der Waals surface area contributed by atoms with Crippen molar-refractivity contribution < 1.29 is 4.79 Å². The molecule has 0 bridgehead atoms. The van der Waals surface area contributed by atoms with Crippen molar-refractivity contribution in [3.63, 3.8) is 0 Å². The van der Waals surface area contributed by atoms with E-state index in [2.05, 4.69) is 29.6 Å². The van der Waals surface area contributed by atoms with Gasteiger partial charge in [-0.2, -0.15) is 0 Å². The molecule has 1 saturated carbocycles. The van der Waals surface area contributed by atoms with E-state index in [1.54, 1.807) is 0 Å². The summed E-state index contributed by atoms with van der Waals surface area (Å²) in [5, 5.41) is 3.29. The van der Waals surface area contributed by atoms with Gasteiger partial charge >= 0.3 is 0 Å². The smallest absolute Gasteiger partial charge is 0.237 e. The summed E-state index contributed by atoms with van der Waals surface area (Å²) < 4.78 is 0. The van der Waals surface area contributed by atoms with Crippen LogP contribution in [0, 0.1) is 0 Å². The maximum Gasteiger partial charge on any atom is 0.237 e. The Hall–Kier alpha value is -1.35. The topological polar surface area (TPSA) is 55.1 Å². The SMILES string of the molecule is CCNC1(C(N)=O)CCC(c2ccccc2)CC1. The van der Waals surface area contributed by atoms with Crippen molar-refractivity contribution in [1.82, 2.24) is 5.32 Å². The summed E-state index contributed by atoms with van der Waals surface area (Å²) in [5.41, 5.74) is 6.48. The van der Waals surface area contributed by atoms with Gasteiger partial charge in [-0.15, -0.1) is 0 Å². The van der Waals surface area contributed by atoms with Gasteiger partial charge in [-0.3, -0.25) is 4.79 Å². The van der Waals surface area contributed by atoms with Crippen LogP contribution in [0.3, 0.4) is 0 Å². The Morgan fingerprint density at radius 1 is 1.33 bits per heavy atom. The highest BCUT2D eigenvalue weighted by Gasteiger charge is 2.39. The molecule has 18 heavy (non-hydrogen) atoms. The van der Waals surface area contributed by atoms with Crippen LogP contribution >= 0.6 is 0 Å². The molecule has 0 aliphatic heterocycles. The van der Waals surface area contributed by atoms with Crippen molar-refractivity contribution in [2.75, 3.05) is 6.54 Å². The van der Waals surface area contributed by atoms with Crippen LogP contribution in [0.1, 0.15) is 44.1 Å². The minimum Gasteiger partial charge on any atom is -0.368 e. The van der Waals surface area contributed by atoms with E-state index in [9.17, 15) is 4.79 Å². The van der Waals surface area contributed by atoms with Crippen molar-refractivity contribution in [2.24, 2.45) is 5.73 Å². The highest BCUT2D eigenvalue weighted by molar-refractivity contribution is 5.84. The van der Waals surface area contributed by atoms with Crippen molar-refractivity contribution in [1.29, 1.82) is 0 Å². The molecule has 3 heteroatoms. The number of amides is 1. The molecule has 1 aliphatic carbocycles. The number of nitrogens with one attached hydrogen (secondary N) is 1. The number of benzene rings is 1. The largest absolute Gasteiger partial charge is 0.368 e. The molecule has 0 unspecified atom stereocenters. The van der Waals surface area contributed by atoms with E-state index in [4.69, 9.17) is 5.73 Å². The summed E-state index contributed by atoms with van der Waals surface area (Å²) in [7, 11) is 0. The van der Waals surface area contributed by atoms with E-state index < -0.39 is 5.54 Å². The third kappa shape index (κ3) is 2.56. The van der Waals surface area contributed by atoms with Gasteiger partial charge in [-0.05, 0) is 43.7 Å². The van der Waals surface area contributed by atoms with Crippen molar-refractivity contribution in [3.05, 3.63) is 35.9 Å². The zero-order chi connectivity index (χ0) is 13.0. The second kappa shape index (κ2) is 5.53. The van der Waals surface area contributed by atoms with Crippen LogP contribution in [-0.2, 0) is 4.79 Å². The lowest BCUT2D eigenvalue weighted by Gasteiger charge is -2.38. The number of hydrogen-bond donors (Lipinski definition) is 2. The zero-order valence-corrected chi connectivity index (χ0v) is 11.0. The molecule has 0 aromatic heterocycles. The molecular formula is C15H22N2O. The maximum atomic E-state index is 11.7. The first-order valence-corrected chi connectivity index (χ1v) is 6.78. The average molecular weight is 246 g/mol. The van der Waals surface area contributed by atoms with E-state index in [0.717, 1.165) is 32.2 Å².